The topological polar surface area (TPSA) is 12.5 Å². The lowest BCUT2D eigenvalue weighted by molar-refractivity contribution is 0.487. The van der Waals surface area contributed by atoms with E-state index in [1.165, 1.54) is 66.6 Å². The van der Waals surface area contributed by atoms with Crippen LogP contribution in [0.1, 0.15) is 22.3 Å². The third kappa shape index (κ3) is 6.33. The van der Waals surface area contributed by atoms with Gasteiger partial charge in [-0.3, -0.25) is 0 Å². The van der Waals surface area contributed by atoms with Crippen LogP contribution >= 0.6 is 0 Å². The number of benzene rings is 11. The van der Waals surface area contributed by atoms with Gasteiger partial charge in [-0.15, -0.1) is 0 Å². The SMILES string of the molecule is c1ccc(-c2ccc(-c3ccc(N(c4cccc(-c5ccc6c(c5)-c5cccc7cccc(c57)O6)c4)c4ccc5c(c4)C(c4ccccc4)(c4ccccc4)c4ccccc4-5)cc3)cc2)cc1. The zero-order chi connectivity index (χ0) is 44.3. The van der Waals surface area contributed by atoms with Crippen LogP contribution in [0.25, 0.3) is 66.4 Å². The first-order chi connectivity index (χ1) is 33.2. The lowest BCUT2D eigenvalue weighted by Crippen LogP contribution is -2.28. The highest BCUT2D eigenvalue weighted by Crippen LogP contribution is 2.57. The first kappa shape index (κ1) is 38.7. The molecule has 2 nitrogen and oxygen atoms in total. The third-order valence-corrected chi connectivity index (χ3v) is 13.9. The molecule has 13 rings (SSSR count). The summed E-state index contributed by atoms with van der Waals surface area (Å²) in [4.78, 5) is 2.42. The number of anilines is 3. The van der Waals surface area contributed by atoms with E-state index in [1.54, 1.807) is 0 Å². The maximum atomic E-state index is 6.52. The number of hydrogen-bond acceptors (Lipinski definition) is 2. The molecular formula is C65H43NO. The van der Waals surface area contributed by atoms with Crippen LogP contribution < -0.4 is 9.64 Å². The molecule has 0 amide bonds. The molecule has 0 radical (unpaired) electrons. The van der Waals surface area contributed by atoms with Gasteiger partial charge in [-0.25, -0.2) is 0 Å². The Bertz CT molecular complexity index is 3590. The van der Waals surface area contributed by atoms with Gasteiger partial charge in [0.05, 0.1) is 5.41 Å². The van der Waals surface area contributed by atoms with E-state index in [0.717, 1.165) is 50.6 Å². The smallest absolute Gasteiger partial charge is 0.135 e. The third-order valence-electron chi connectivity index (χ3n) is 13.9. The Labute approximate surface area is 391 Å². The molecule has 0 bridgehead atoms. The van der Waals surface area contributed by atoms with Gasteiger partial charge in [0.25, 0.3) is 0 Å². The first-order valence-corrected chi connectivity index (χ1v) is 23.1. The Balaban J connectivity index is 0.970. The number of nitrogens with zero attached hydrogens (tertiary/aromatic N) is 1. The quantitative estimate of drug-likeness (QED) is 0.151. The van der Waals surface area contributed by atoms with Crippen molar-refractivity contribution in [1.82, 2.24) is 0 Å². The Morgan fingerprint density at radius 2 is 0.791 bits per heavy atom. The van der Waals surface area contributed by atoms with E-state index in [1.807, 2.05) is 0 Å². The molecule has 0 atom stereocenters. The molecule has 0 unspecified atom stereocenters. The standard InChI is InChI=1S/C65H43NO/c1-4-15-44(16-5-1)45-29-31-46(32-30-45)47-33-36-53(37-34-47)66(54-24-12-19-49(41-54)50-35-40-62-59(42-50)58-26-13-17-48-18-14-28-63(67-62)64(48)58)55-38-39-57-56-25-10-11-27-60(56)65(61(57)43-55,51-20-6-2-7-21-51)52-22-8-3-9-23-52/h1-43H. The average molecular weight is 854 g/mol. The van der Waals surface area contributed by atoms with E-state index in [0.29, 0.717) is 0 Å². The van der Waals surface area contributed by atoms with Crippen molar-refractivity contribution in [3.05, 3.63) is 283 Å². The summed E-state index contributed by atoms with van der Waals surface area (Å²) in [6, 6.07) is 95.1. The van der Waals surface area contributed by atoms with E-state index < -0.39 is 5.41 Å². The van der Waals surface area contributed by atoms with Crippen LogP contribution in [-0.2, 0) is 5.41 Å². The van der Waals surface area contributed by atoms with Crippen molar-refractivity contribution in [1.29, 1.82) is 0 Å². The molecule has 0 aromatic heterocycles. The second-order valence-electron chi connectivity index (χ2n) is 17.6. The van der Waals surface area contributed by atoms with Gasteiger partial charge in [0, 0.05) is 28.0 Å². The van der Waals surface area contributed by atoms with E-state index in [4.69, 9.17) is 4.74 Å². The molecule has 1 aliphatic carbocycles. The van der Waals surface area contributed by atoms with Crippen molar-refractivity contribution in [3.63, 3.8) is 0 Å². The summed E-state index contributed by atoms with van der Waals surface area (Å²) in [6.45, 7) is 0. The minimum Gasteiger partial charge on any atom is -0.456 e. The summed E-state index contributed by atoms with van der Waals surface area (Å²) in [5.74, 6) is 1.78. The zero-order valence-electron chi connectivity index (χ0n) is 36.7. The van der Waals surface area contributed by atoms with E-state index in [9.17, 15) is 0 Å². The summed E-state index contributed by atoms with van der Waals surface area (Å²) < 4.78 is 6.52. The van der Waals surface area contributed by atoms with Gasteiger partial charge in [-0.1, -0.05) is 206 Å². The van der Waals surface area contributed by atoms with Crippen LogP contribution in [0.2, 0.25) is 0 Å². The Morgan fingerprint density at radius 1 is 0.284 bits per heavy atom. The monoisotopic (exact) mass is 853 g/mol. The van der Waals surface area contributed by atoms with E-state index in [-0.39, 0.29) is 0 Å². The van der Waals surface area contributed by atoms with Crippen molar-refractivity contribution in [2.75, 3.05) is 4.90 Å². The van der Waals surface area contributed by atoms with Crippen LogP contribution in [0.3, 0.4) is 0 Å². The summed E-state index contributed by atoms with van der Waals surface area (Å²) in [7, 11) is 0. The molecule has 1 heterocycles. The minimum absolute atomic E-state index is 0.527. The fraction of sp³-hybridized carbons (Fsp3) is 0.0154. The lowest BCUT2D eigenvalue weighted by Gasteiger charge is -2.35. The zero-order valence-corrected chi connectivity index (χ0v) is 36.7. The highest BCUT2D eigenvalue weighted by molar-refractivity contribution is 6.04. The van der Waals surface area contributed by atoms with Gasteiger partial charge in [-0.05, 0) is 132 Å². The molecule has 0 spiro atoms. The van der Waals surface area contributed by atoms with Gasteiger partial charge in [0.1, 0.15) is 11.5 Å². The highest BCUT2D eigenvalue weighted by atomic mass is 16.5. The molecule has 67 heavy (non-hydrogen) atoms. The second-order valence-corrected chi connectivity index (χ2v) is 17.6. The molecule has 2 heteroatoms. The number of rotatable bonds is 8. The Morgan fingerprint density at radius 3 is 1.51 bits per heavy atom. The average Bonchev–Trinajstić information content (AvgIpc) is 3.70. The molecule has 1 aliphatic heterocycles. The second kappa shape index (κ2) is 15.8. The molecule has 0 saturated carbocycles. The highest BCUT2D eigenvalue weighted by Gasteiger charge is 2.46. The summed E-state index contributed by atoms with van der Waals surface area (Å²) in [5, 5.41) is 2.34. The number of fused-ring (bicyclic) bond motifs is 5. The molecule has 2 aliphatic rings. The maximum absolute atomic E-state index is 6.52. The maximum Gasteiger partial charge on any atom is 0.135 e. The largest absolute Gasteiger partial charge is 0.456 e. The van der Waals surface area contributed by atoms with Crippen LogP contribution in [0.15, 0.2) is 261 Å². The molecular weight excluding hydrogens is 811 g/mol. The normalized spacial score (nSPS) is 12.7. The predicted molar refractivity (Wildman–Crippen MR) is 278 cm³/mol. The number of ether oxygens (including phenoxy) is 1. The van der Waals surface area contributed by atoms with Crippen molar-refractivity contribution in [2.24, 2.45) is 0 Å². The van der Waals surface area contributed by atoms with Crippen LogP contribution in [0.4, 0.5) is 17.1 Å². The van der Waals surface area contributed by atoms with Gasteiger partial charge in [0.15, 0.2) is 0 Å². The van der Waals surface area contributed by atoms with E-state index >= 15 is 0 Å². The molecule has 314 valence electrons. The molecule has 0 saturated heterocycles. The van der Waals surface area contributed by atoms with Crippen LogP contribution in [0.5, 0.6) is 11.5 Å². The molecule has 0 fully saturated rings. The summed E-state index contributed by atoms with van der Waals surface area (Å²) in [5.41, 5.74) is 19.6. The van der Waals surface area contributed by atoms with Gasteiger partial charge in [0.2, 0.25) is 0 Å². The number of hydrogen-bond donors (Lipinski definition) is 0. The van der Waals surface area contributed by atoms with Crippen molar-refractivity contribution >= 4 is 27.8 Å². The van der Waals surface area contributed by atoms with Gasteiger partial charge < -0.3 is 9.64 Å². The molecule has 0 N–H and O–H groups in total. The molecule has 11 aromatic carbocycles. The van der Waals surface area contributed by atoms with Crippen LogP contribution in [-0.4, -0.2) is 0 Å². The molecule has 11 aromatic rings. The fourth-order valence-electron chi connectivity index (χ4n) is 10.9. The van der Waals surface area contributed by atoms with E-state index in [2.05, 4.69) is 266 Å². The van der Waals surface area contributed by atoms with Gasteiger partial charge >= 0.3 is 0 Å². The minimum atomic E-state index is -0.527. The van der Waals surface area contributed by atoms with Crippen molar-refractivity contribution in [3.8, 4) is 67.1 Å². The van der Waals surface area contributed by atoms with Crippen molar-refractivity contribution in [2.45, 2.75) is 5.41 Å². The van der Waals surface area contributed by atoms with Crippen molar-refractivity contribution < 1.29 is 4.74 Å². The first-order valence-electron chi connectivity index (χ1n) is 23.1. The predicted octanol–water partition coefficient (Wildman–Crippen LogP) is 17.4. The fourth-order valence-corrected chi connectivity index (χ4v) is 10.9. The Hall–Kier alpha value is -8.72. The summed E-state index contributed by atoms with van der Waals surface area (Å²) in [6.07, 6.45) is 0. The Kier molecular flexibility index (Phi) is 9.11. The van der Waals surface area contributed by atoms with Gasteiger partial charge in [-0.2, -0.15) is 0 Å². The van der Waals surface area contributed by atoms with Crippen LogP contribution in [0, 0.1) is 0 Å². The summed E-state index contributed by atoms with van der Waals surface area (Å²) >= 11 is 0. The lowest BCUT2D eigenvalue weighted by atomic mass is 9.67.